The predicted octanol–water partition coefficient (Wildman–Crippen LogP) is 4.10. The zero-order valence-corrected chi connectivity index (χ0v) is 12.3. The van der Waals surface area contributed by atoms with Crippen molar-refractivity contribution in [2.75, 3.05) is 6.54 Å². The maximum absolute atomic E-state index is 3.79. The highest BCUT2D eigenvalue weighted by Crippen LogP contribution is 2.35. The van der Waals surface area contributed by atoms with E-state index < -0.39 is 0 Å². The maximum atomic E-state index is 3.79. The van der Waals surface area contributed by atoms with Gasteiger partial charge in [-0.25, -0.2) is 0 Å². The van der Waals surface area contributed by atoms with E-state index in [9.17, 15) is 0 Å². The van der Waals surface area contributed by atoms with E-state index in [0.29, 0.717) is 11.0 Å². The molecule has 0 amide bonds. The standard InChI is InChI=1S/C17H27N/c1-14-7-5-8-15(11-14)12-17(9-6-10-18-17)13-16(2,3)4/h5,7-8,11,18H,6,9-10,12-13H2,1-4H3. The third-order valence-corrected chi connectivity index (χ3v) is 3.83. The number of benzene rings is 1. The highest BCUT2D eigenvalue weighted by Gasteiger charge is 2.36. The van der Waals surface area contributed by atoms with E-state index >= 15 is 0 Å². The zero-order valence-electron chi connectivity index (χ0n) is 12.3. The van der Waals surface area contributed by atoms with Crippen LogP contribution in [0.25, 0.3) is 0 Å². The Morgan fingerprint density at radius 1 is 1.28 bits per heavy atom. The first-order chi connectivity index (χ1) is 8.39. The summed E-state index contributed by atoms with van der Waals surface area (Å²) in [5.74, 6) is 0. The van der Waals surface area contributed by atoms with Crippen molar-refractivity contribution < 1.29 is 0 Å². The lowest BCUT2D eigenvalue weighted by Gasteiger charge is -2.36. The number of nitrogens with one attached hydrogen (secondary N) is 1. The first-order valence-electron chi connectivity index (χ1n) is 7.19. The second kappa shape index (κ2) is 5.05. The smallest absolute Gasteiger partial charge is 0.0227 e. The van der Waals surface area contributed by atoms with Crippen LogP contribution in [-0.2, 0) is 6.42 Å². The average Bonchev–Trinajstić information content (AvgIpc) is 2.63. The van der Waals surface area contributed by atoms with Crippen LogP contribution in [0.3, 0.4) is 0 Å². The van der Waals surface area contributed by atoms with Crippen LogP contribution >= 0.6 is 0 Å². The van der Waals surface area contributed by atoms with Crippen LogP contribution in [0.2, 0.25) is 0 Å². The molecule has 1 unspecified atom stereocenters. The van der Waals surface area contributed by atoms with Gasteiger partial charge in [0.1, 0.15) is 0 Å². The van der Waals surface area contributed by atoms with Crippen LogP contribution in [0.15, 0.2) is 24.3 Å². The van der Waals surface area contributed by atoms with Gasteiger partial charge < -0.3 is 5.32 Å². The van der Waals surface area contributed by atoms with Crippen LogP contribution in [0.5, 0.6) is 0 Å². The molecule has 2 rings (SSSR count). The summed E-state index contributed by atoms with van der Waals surface area (Å²) in [6.07, 6.45) is 5.07. The van der Waals surface area contributed by atoms with Crippen LogP contribution in [0.4, 0.5) is 0 Å². The molecule has 1 nitrogen and oxygen atoms in total. The SMILES string of the molecule is Cc1cccc(CC2(CC(C)(C)C)CCCN2)c1. The molecule has 0 aromatic heterocycles. The molecule has 1 heteroatoms. The summed E-state index contributed by atoms with van der Waals surface area (Å²) in [6, 6.07) is 8.98. The molecule has 1 fully saturated rings. The van der Waals surface area contributed by atoms with Gasteiger partial charge in [-0.3, -0.25) is 0 Å². The van der Waals surface area contributed by atoms with Gasteiger partial charge in [0.15, 0.2) is 0 Å². The van der Waals surface area contributed by atoms with Gasteiger partial charge in [-0.1, -0.05) is 50.6 Å². The molecule has 1 saturated heterocycles. The lowest BCUT2D eigenvalue weighted by molar-refractivity contribution is 0.229. The van der Waals surface area contributed by atoms with Crippen molar-refractivity contribution in [1.29, 1.82) is 0 Å². The van der Waals surface area contributed by atoms with E-state index in [4.69, 9.17) is 0 Å². The number of rotatable bonds is 3. The molecule has 1 N–H and O–H groups in total. The van der Waals surface area contributed by atoms with Crippen molar-refractivity contribution in [1.82, 2.24) is 5.32 Å². The Kier molecular flexibility index (Phi) is 3.82. The Balaban J connectivity index is 2.16. The van der Waals surface area contributed by atoms with E-state index in [0.717, 1.165) is 0 Å². The van der Waals surface area contributed by atoms with Crippen LogP contribution < -0.4 is 5.32 Å². The molecule has 1 aliphatic rings. The second-order valence-corrected chi connectivity index (χ2v) is 7.21. The molecule has 1 atom stereocenters. The molecule has 0 bridgehead atoms. The third kappa shape index (κ3) is 3.58. The van der Waals surface area contributed by atoms with E-state index in [-0.39, 0.29) is 0 Å². The lowest BCUT2D eigenvalue weighted by Crippen LogP contribution is -2.44. The zero-order chi connectivity index (χ0) is 13.2. The summed E-state index contributed by atoms with van der Waals surface area (Å²) in [4.78, 5) is 0. The number of aryl methyl sites for hydroxylation is 1. The van der Waals surface area contributed by atoms with E-state index in [1.54, 1.807) is 0 Å². The summed E-state index contributed by atoms with van der Waals surface area (Å²) < 4.78 is 0. The first-order valence-corrected chi connectivity index (χ1v) is 7.19. The number of hydrogen-bond donors (Lipinski definition) is 1. The van der Waals surface area contributed by atoms with Crippen molar-refractivity contribution >= 4 is 0 Å². The minimum Gasteiger partial charge on any atom is -0.311 e. The van der Waals surface area contributed by atoms with Crippen LogP contribution in [0.1, 0.15) is 51.2 Å². The maximum Gasteiger partial charge on any atom is 0.0227 e. The molecule has 100 valence electrons. The van der Waals surface area contributed by atoms with E-state index in [2.05, 4.69) is 57.3 Å². The van der Waals surface area contributed by atoms with E-state index in [1.165, 1.54) is 43.4 Å². The Bertz CT molecular complexity index is 394. The summed E-state index contributed by atoms with van der Waals surface area (Å²) in [6.45, 7) is 10.4. The average molecular weight is 245 g/mol. The fraction of sp³-hybridized carbons (Fsp3) is 0.647. The monoisotopic (exact) mass is 245 g/mol. The summed E-state index contributed by atoms with van der Waals surface area (Å²) in [7, 11) is 0. The topological polar surface area (TPSA) is 12.0 Å². The molecule has 0 aliphatic carbocycles. The molecule has 1 aliphatic heterocycles. The predicted molar refractivity (Wildman–Crippen MR) is 78.9 cm³/mol. The molecular formula is C17H27N. The molecule has 1 aromatic carbocycles. The quantitative estimate of drug-likeness (QED) is 0.845. The summed E-state index contributed by atoms with van der Waals surface area (Å²) >= 11 is 0. The van der Waals surface area contributed by atoms with Crippen molar-refractivity contribution in [2.24, 2.45) is 5.41 Å². The summed E-state index contributed by atoms with van der Waals surface area (Å²) in [5, 5.41) is 3.79. The Morgan fingerprint density at radius 2 is 2.06 bits per heavy atom. The summed E-state index contributed by atoms with van der Waals surface area (Å²) in [5.41, 5.74) is 3.57. The van der Waals surface area contributed by atoms with Gasteiger partial charge in [-0.2, -0.15) is 0 Å². The van der Waals surface area contributed by atoms with Gasteiger partial charge in [0.05, 0.1) is 0 Å². The van der Waals surface area contributed by atoms with Crippen molar-refractivity contribution in [3.05, 3.63) is 35.4 Å². The highest BCUT2D eigenvalue weighted by molar-refractivity contribution is 5.24. The molecule has 0 saturated carbocycles. The number of hydrogen-bond acceptors (Lipinski definition) is 1. The van der Waals surface area contributed by atoms with Gasteiger partial charge >= 0.3 is 0 Å². The fourth-order valence-electron chi connectivity index (χ4n) is 3.46. The van der Waals surface area contributed by atoms with Gasteiger partial charge in [0, 0.05) is 5.54 Å². The fourth-order valence-corrected chi connectivity index (χ4v) is 3.46. The minimum absolute atomic E-state index is 0.325. The Hall–Kier alpha value is -0.820. The van der Waals surface area contributed by atoms with Crippen LogP contribution in [-0.4, -0.2) is 12.1 Å². The molecule has 0 spiro atoms. The first kappa shape index (κ1) is 13.6. The molecular weight excluding hydrogens is 218 g/mol. The molecule has 1 heterocycles. The van der Waals surface area contributed by atoms with Crippen molar-refractivity contribution in [2.45, 2.75) is 58.9 Å². The lowest BCUT2D eigenvalue weighted by atomic mass is 9.75. The largest absolute Gasteiger partial charge is 0.311 e. The van der Waals surface area contributed by atoms with Gasteiger partial charge in [0.25, 0.3) is 0 Å². The molecule has 0 radical (unpaired) electrons. The van der Waals surface area contributed by atoms with Gasteiger partial charge in [-0.05, 0) is 50.1 Å². The molecule has 18 heavy (non-hydrogen) atoms. The van der Waals surface area contributed by atoms with E-state index in [1.807, 2.05) is 0 Å². The minimum atomic E-state index is 0.325. The highest BCUT2D eigenvalue weighted by atomic mass is 15.0. The van der Waals surface area contributed by atoms with Gasteiger partial charge in [0.2, 0.25) is 0 Å². The van der Waals surface area contributed by atoms with Crippen LogP contribution in [0, 0.1) is 12.3 Å². The normalized spacial score (nSPS) is 24.4. The second-order valence-electron chi connectivity index (χ2n) is 7.21. The third-order valence-electron chi connectivity index (χ3n) is 3.83. The van der Waals surface area contributed by atoms with Crippen molar-refractivity contribution in [3.63, 3.8) is 0 Å². The van der Waals surface area contributed by atoms with Crippen molar-refractivity contribution in [3.8, 4) is 0 Å². The Morgan fingerprint density at radius 3 is 2.61 bits per heavy atom. The van der Waals surface area contributed by atoms with Gasteiger partial charge in [-0.15, -0.1) is 0 Å². The molecule has 1 aromatic rings. The Labute approximate surface area is 112 Å².